The first-order valence-corrected chi connectivity index (χ1v) is 10.4. The SMILES string of the molecule is CCCCCC/C(=C/CCC(ON)C(=O)O)C(Cc1ccccc1)n1ccnc1. The number of carboxylic acids is 1. The van der Waals surface area contributed by atoms with Crippen molar-refractivity contribution in [3.63, 3.8) is 0 Å². The number of hydrogen-bond acceptors (Lipinski definition) is 4. The van der Waals surface area contributed by atoms with E-state index >= 15 is 0 Å². The molecule has 6 heteroatoms. The molecule has 1 aromatic heterocycles. The highest BCUT2D eigenvalue weighted by molar-refractivity contribution is 5.72. The first-order chi connectivity index (χ1) is 14.2. The normalized spacial score (nSPS) is 13.9. The fourth-order valence-corrected chi connectivity index (χ4v) is 3.55. The highest BCUT2D eigenvalue weighted by Gasteiger charge is 2.19. The van der Waals surface area contributed by atoms with Crippen molar-refractivity contribution in [1.29, 1.82) is 0 Å². The molecular formula is C23H33N3O3. The Bertz CT molecular complexity index is 729. The molecule has 0 fully saturated rings. The maximum absolute atomic E-state index is 11.2. The molecule has 0 aliphatic carbocycles. The molecule has 0 saturated heterocycles. The second-order valence-corrected chi connectivity index (χ2v) is 7.35. The van der Waals surface area contributed by atoms with E-state index in [9.17, 15) is 4.79 Å². The van der Waals surface area contributed by atoms with Crippen molar-refractivity contribution in [1.82, 2.24) is 9.55 Å². The third kappa shape index (κ3) is 7.83. The number of hydrogen-bond donors (Lipinski definition) is 2. The molecule has 158 valence electrons. The van der Waals surface area contributed by atoms with Crippen LogP contribution in [-0.2, 0) is 16.1 Å². The molecule has 0 saturated carbocycles. The van der Waals surface area contributed by atoms with E-state index in [-0.39, 0.29) is 6.04 Å². The third-order valence-electron chi connectivity index (χ3n) is 5.18. The maximum atomic E-state index is 11.2. The van der Waals surface area contributed by atoms with Crippen molar-refractivity contribution >= 4 is 5.97 Å². The molecule has 0 radical (unpaired) electrons. The van der Waals surface area contributed by atoms with Crippen molar-refractivity contribution in [2.24, 2.45) is 5.90 Å². The largest absolute Gasteiger partial charge is 0.479 e. The van der Waals surface area contributed by atoms with E-state index < -0.39 is 12.1 Å². The fraction of sp³-hybridized carbons (Fsp3) is 0.478. The number of carbonyl (C=O) groups is 1. The van der Waals surface area contributed by atoms with Gasteiger partial charge in [-0.1, -0.05) is 68.2 Å². The molecule has 0 amide bonds. The van der Waals surface area contributed by atoms with Gasteiger partial charge in [0.25, 0.3) is 0 Å². The number of imidazole rings is 1. The van der Waals surface area contributed by atoms with E-state index in [0.29, 0.717) is 12.8 Å². The zero-order chi connectivity index (χ0) is 20.9. The summed E-state index contributed by atoms with van der Waals surface area (Å²) in [5.41, 5.74) is 2.57. The van der Waals surface area contributed by atoms with Crippen LogP contribution in [0.1, 0.15) is 63.5 Å². The Morgan fingerprint density at radius 1 is 1.28 bits per heavy atom. The van der Waals surface area contributed by atoms with Crippen LogP contribution in [0.3, 0.4) is 0 Å². The first-order valence-electron chi connectivity index (χ1n) is 10.4. The zero-order valence-corrected chi connectivity index (χ0v) is 17.2. The van der Waals surface area contributed by atoms with Crippen LogP contribution in [0.2, 0.25) is 0 Å². The molecule has 3 N–H and O–H groups in total. The summed E-state index contributed by atoms with van der Waals surface area (Å²) in [5, 5.41) is 9.16. The lowest BCUT2D eigenvalue weighted by molar-refractivity contribution is -0.151. The summed E-state index contributed by atoms with van der Waals surface area (Å²) in [5.74, 6) is 4.10. The Hall–Kier alpha value is -2.44. The lowest BCUT2D eigenvalue weighted by atomic mass is 9.93. The van der Waals surface area contributed by atoms with Gasteiger partial charge in [0.2, 0.25) is 0 Å². The number of nitrogens with two attached hydrogens (primary N) is 1. The molecule has 29 heavy (non-hydrogen) atoms. The van der Waals surface area contributed by atoms with Gasteiger partial charge in [-0.15, -0.1) is 0 Å². The molecule has 2 unspecified atom stereocenters. The van der Waals surface area contributed by atoms with E-state index in [2.05, 4.69) is 51.7 Å². The Kier molecular flexibility index (Phi) is 10.2. The molecule has 0 bridgehead atoms. The average Bonchev–Trinajstić information content (AvgIpc) is 3.26. The van der Waals surface area contributed by atoms with Crippen molar-refractivity contribution in [3.8, 4) is 0 Å². The summed E-state index contributed by atoms with van der Waals surface area (Å²) in [6, 6.07) is 10.6. The molecule has 0 aliphatic rings. The number of benzene rings is 1. The monoisotopic (exact) mass is 399 g/mol. The minimum Gasteiger partial charge on any atom is -0.479 e. The minimum absolute atomic E-state index is 0.156. The summed E-state index contributed by atoms with van der Waals surface area (Å²) in [6.45, 7) is 2.21. The van der Waals surface area contributed by atoms with Gasteiger partial charge >= 0.3 is 5.97 Å². The Labute approximate surface area is 173 Å². The van der Waals surface area contributed by atoms with Gasteiger partial charge < -0.3 is 9.67 Å². The topological polar surface area (TPSA) is 90.4 Å². The van der Waals surface area contributed by atoms with E-state index in [1.54, 1.807) is 6.20 Å². The van der Waals surface area contributed by atoms with Crippen molar-refractivity contribution in [3.05, 3.63) is 66.3 Å². The van der Waals surface area contributed by atoms with Gasteiger partial charge in [-0.05, 0) is 37.7 Å². The average molecular weight is 400 g/mol. The van der Waals surface area contributed by atoms with E-state index in [1.807, 2.05) is 18.6 Å². The predicted octanol–water partition coefficient (Wildman–Crippen LogP) is 4.69. The van der Waals surface area contributed by atoms with Crippen molar-refractivity contribution in [2.75, 3.05) is 0 Å². The van der Waals surface area contributed by atoms with E-state index in [1.165, 1.54) is 30.4 Å². The van der Waals surface area contributed by atoms with Crippen LogP contribution in [0.15, 0.2) is 60.7 Å². The predicted molar refractivity (Wildman–Crippen MR) is 114 cm³/mol. The van der Waals surface area contributed by atoms with Gasteiger partial charge in [-0.2, -0.15) is 0 Å². The lowest BCUT2D eigenvalue weighted by Gasteiger charge is -2.23. The van der Waals surface area contributed by atoms with Crippen LogP contribution in [0.5, 0.6) is 0 Å². The number of rotatable bonds is 14. The molecule has 0 spiro atoms. The zero-order valence-electron chi connectivity index (χ0n) is 17.2. The number of aromatic nitrogens is 2. The van der Waals surface area contributed by atoms with Crippen LogP contribution < -0.4 is 5.90 Å². The second kappa shape index (κ2) is 12.9. The van der Waals surface area contributed by atoms with Gasteiger partial charge in [-0.25, -0.2) is 15.7 Å². The molecule has 2 atom stereocenters. The first kappa shape index (κ1) is 22.8. The molecule has 6 nitrogen and oxygen atoms in total. The Morgan fingerprint density at radius 2 is 2.07 bits per heavy atom. The number of allylic oxidation sites excluding steroid dienone is 2. The maximum Gasteiger partial charge on any atom is 0.334 e. The standard InChI is InChI=1S/C23H33N3O3/c1-2-3-4-8-12-20(13-9-14-22(29-24)23(27)28)21(26-16-15-25-18-26)17-19-10-6-5-7-11-19/h5-7,10-11,13,15-16,18,21-22H,2-4,8-9,12,14,17,24H2,1H3,(H,27,28)/b20-13-. The molecular weight excluding hydrogens is 366 g/mol. The van der Waals surface area contributed by atoms with Crippen LogP contribution in [0.25, 0.3) is 0 Å². The van der Waals surface area contributed by atoms with Crippen LogP contribution >= 0.6 is 0 Å². The summed E-state index contributed by atoms with van der Waals surface area (Å²) >= 11 is 0. The summed E-state index contributed by atoms with van der Waals surface area (Å²) < 4.78 is 2.15. The van der Waals surface area contributed by atoms with Crippen LogP contribution in [-0.4, -0.2) is 26.7 Å². The minimum atomic E-state index is -1.03. The molecule has 2 rings (SSSR count). The second-order valence-electron chi connectivity index (χ2n) is 7.35. The number of carboxylic acid groups (broad SMARTS) is 1. The summed E-state index contributed by atoms with van der Waals surface area (Å²) in [6.07, 6.45) is 14.4. The smallest absolute Gasteiger partial charge is 0.334 e. The summed E-state index contributed by atoms with van der Waals surface area (Å²) in [7, 11) is 0. The van der Waals surface area contributed by atoms with Crippen LogP contribution in [0, 0.1) is 0 Å². The molecule has 2 aromatic rings. The van der Waals surface area contributed by atoms with Crippen molar-refractivity contribution in [2.45, 2.75) is 70.4 Å². The number of unbranched alkanes of at least 4 members (excludes halogenated alkanes) is 3. The fourth-order valence-electron chi connectivity index (χ4n) is 3.55. The molecule has 1 aromatic carbocycles. The van der Waals surface area contributed by atoms with E-state index in [4.69, 9.17) is 11.0 Å². The lowest BCUT2D eigenvalue weighted by Crippen LogP contribution is -2.26. The molecule has 0 aliphatic heterocycles. The van der Waals surface area contributed by atoms with Gasteiger partial charge in [-0.3, -0.25) is 4.84 Å². The number of nitrogens with zero attached hydrogens (tertiary/aromatic N) is 2. The highest BCUT2D eigenvalue weighted by Crippen LogP contribution is 2.28. The van der Waals surface area contributed by atoms with E-state index in [0.717, 1.165) is 19.3 Å². The van der Waals surface area contributed by atoms with Crippen LogP contribution in [0.4, 0.5) is 0 Å². The third-order valence-corrected chi connectivity index (χ3v) is 5.18. The van der Waals surface area contributed by atoms with Crippen molar-refractivity contribution < 1.29 is 14.7 Å². The van der Waals surface area contributed by atoms with Gasteiger partial charge in [0.15, 0.2) is 6.10 Å². The van der Waals surface area contributed by atoms with Gasteiger partial charge in [0.1, 0.15) is 0 Å². The number of aliphatic carboxylic acids is 1. The Balaban J connectivity index is 2.20. The van der Waals surface area contributed by atoms with Gasteiger partial charge in [0.05, 0.1) is 12.4 Å². The molecule has 1 heterocycles. The van der Waals surface area contributed by atoms with Gasteiger partial charge in [0, 0.05) is 12.4 Å². The quantitative estimate of drug-likeness (QED) is 0.273. The summed E-state index contributed by atoms with van der Waals surface area (Å²) in [4.78, 5) is 20.0. The Morgan fingerprint density at radius 3 is 2.69 bits per heavy atom. The highest BCUT2D eigenvalue weighted by atomic mass is 16.6.